The van der Waals surface area contributed by atoms with Crippen molar-refractivity contribution in [3.8, 4) is 0 Å². The van der Waals surface area contributed by atoms with E-state index in [-0.39, 0.29) is 5.41 Å². The number of hydrogen-bond donors (Lipinski definition) is 1. The van der Waals surface area contributed by atoms with Crippen LogP contribution in [0.5, 0.6) is 0 Å². The van der Waals surface area contributed by atoms with E-state index in [1.807, 2.05) is 41.1 Å². The number of nitrogens with one attached hydrogen (secondary N) is 1. The molecule has 1 N–H and O–H groups in total. The Morgan fingerprint density at radius 1 is 1.11 bits per heavy atom. The summed E-state index contributed by atoms with van der Waals surface area (Å²) >= 11 is 0. The van der Waals surface area contributed by atoms with E-state index in [1.54, 1.807) is 0 Å². The van der Waals surface area contributed by atoms with E-state index in [0.29, 0.717) is 5.92 Å². The fourth-order valence-electron chi connectivity index (χ4n) is 4.79. The molecule has 1 fully saturated rings. The highest BCUT2D eigenvalue weighted by molar-refractivity contribution is 5.87. The van der Waals surface area contributed by atoms with Crippen molar-refractivity contribution in [1.29, 1.82) is 0 Å². The van der Waals surface area contributed by atoms with Crippen LogP contribution in [0.1, 0.15) is 51.2 Å². The number of rotatable bonds is 6. The van der Waals surface area contributed by atoms with E-state index >= 15 is 0 Å². The molecule has 35 heavy (non-hydrogen) atoms. The van der Waals surface area contributed by atoms with Crippen molar-refractivity contribution in [2.45, 2.75) is 58.9 Å². The maximum atomic E-state index is 5.03. The van der Waals surface area contributed by atoms with E-state index < -0.39 is 0 Å². The second kappa shape index (κ2) is 9.32. The molecule has 0 spiro atoms. The van der Waals surface area contributed by atoms with E-state index in [2.05, 4.69) is 66.2 Å². The normalized spacial score (nSPS) is 15.2. The summed E-state index contributed by atoms with van der Waals surface area (Å²) < 4.78 is 4.02. The summed E-state index contributed by atoms with van der Waals surface area (Å²) in [6.45, 7) is 11.7. The molecule has 4 aromatic rings. The van der Waals surface area contributed by atoms with Gasteiger partial charge in [0.2, 0.25) is 5.95 Å². The first-order valence-corrected chi connectivity index (χ1v) is 12.6. The number of piperidine rings is 1. The minimum Gasteiger partial charge on any atom is -0.341 e. The summed E-state index contributed by atoms with van der Waals surface area (Å²) in [5, 5.41) is 7.96. The molecule has 3 aromatic heterocycles. The zero-order valence-electron chi connectivity index (χ0n) is 21.5. The molecule has 184 valence electrons. The number of nitrogens with zero attached hydrogens (tertiary/aromatic N) is 7. The third kappa shape index (κ3) is 5.01. The van der Waals surface area contributed by atoms with Crippen molar-refractivity contribution in [1.82, 2.24) is 29.3 Å². The van der Waals surface area contributed by atoms with E-state index in [0.717, 1.165) is 67.5 Å². The molecule has 5 rings (SSSR count). The Labute approximate surface area is 207 Å². The first-order valence-electron chi connectivity index (χ1n) is 12.6. The van der Waals surface area contributed by atoms with Gasteiger partial charge in [-0.15, -0.1) is 0 Å². The lowest BCUT2D eigenvalue weighted by molar-refractivity contribution is 0.352. The molecule has 1 aromatic carbocycles. The fourth-order valence-corrected chi connectivity index (χ4v) is 4.79. The zero-order valence-corrected chi connectivity index (χ0v) is 21.5. The lowest BCUT2D eigenvalue weighted by atomic mass is 9.86. The average Bonchev–Trinajstić information content (AvgIpc) is 3.49. The summed E-state index contributed by atoms with van der Waals surface area (Å²) in [5.74, 6) is 2.27. The number of anilines is 3. The summed E-state index contributed by atoms with van der Waals surface area (Å²) in [5.41, 5.74) is 5.27. The molecule has 0 unspecified atom stereocenters. The number of benzene rings is 1. The van der Waals surface area contributed by atoms with Gasteiger partial charge in [0, 0.05) is 44.8 Å². The second-order valence-electron chi connectivity index (χ2n) is 10.8. The SMILES string of the molecule is Cc1ccc(C(C)(C)C)cc1Nc1nc(N2CCC(CCn3cccn3)CC2)nc2ncn(C)c12. The summed E-state index contributed by atoms with van der Waals surface area (Å²) in [6, 6.07) is 8.62. The van der Waals surface area contributed by atoms with Crippen LogP contribution in [0.25, 0.3) is 11.2 Å². The van der Waals surface area contributed by atoms with Gasteiger partial charge in [0.25, 0.3) is 0 Å². The third-order valence-electron chi connectivity index (χ3n) is 7.14. The minimum atomic E-state index is 0.0740. The molecular weight excluding hydrogens is 436 g/mol. The monoisotopic (exact) mass is 472 g/mol. The van der Waals surface area contributed by atoms with E-state index in [9.17, 15) is 0 Å². The van der Waals surface area contributed by atoms with Crippen molar-refractivity contribution in [2.75, 3.05) is 23.3 Å². The summed E-state index contributed by atoms with van der Waals surface area (Å²) in [6.07, 6.45) is 9.14. The van der Waals surface area contributed by atoms with Gasteiger partial charge in [0.05, 0.1) is 6.33 Å². The van der Waals surface area contributed by atoms with Crippen LogP contribution in [-0.2, 0) is 19.0 Å². The standard InChI is InChI=1S/C27H36N8/c1-19-7-8-21(27(2,3)4)17-22(19)30-25-23-24(28-18-33(23)5)31-26(32-25)34-14-9-20(10-15-34)11-16-35-13-6-12-29-35/h6-8,12-13,17-18,20H,9-11,14-16H2,1-5H3,(H,30,31,32). The summed E-state index contributed by atoms with van der Waals surface area (Å²) in [7, 11) is 1.99. The van der Waals surface area contributed by atoms with E-state index in [1.165, 1.54) is 11.1 Å². The molecule has 1 aliphatic rings. The van der Waals surface area contributed by atoms with Gasteiger partial charge in [-0.05, 0) is 60.8 Å². The van der Waals surface area contributed by atoms with Gasteiger partial charge in [-0.3, -0.25) is 4.68 Å². The largest absolute Gasteiger partial charge is 0.341 e. The fraction of sp³-hybridized carbons (Fsp3) is 0.481. The van der Waals surface area contributed by atoms with E-state index in [4.69, 9.17) is 9.97 Å². The first kappa shape index (κ1) is 23.3. The molecule has 0 bridgehead atoms. The van der Waals surface area contributed by atoms with Gasteiger partial charge < -0.3 is 14.8 Å². The Balaban J connectivity index is 1.37. The van der Waals surface area contributed by atoms with Crippen LogP contribution < -0.4 is 10.2 Å². The molecule has 4 heterocycles. The van der Waals surface area contributed by atoms with Gasteiger partial charge >= 0.3 is 0 Å². The molecule has 0 radical (unpaired) electrons. The maximum Gasteiger partial charge on any atom is 0.229 e. The number of aromatic nitrogens is 6. The molecule has 8 heteroatoms. The topological polar surface area (TPSA) is 76.7 Å². The maximum absolute atomic E-state index is 5.03. The molecule has 1 saturated heterocycles. The Morgan fingerprint density at radius 2 is 1.91 bits per heavy atom. The number of fused-ring (bicyclic) bond motifs is 1. The molecular formula is C27H36N8. The highest BCUT2D eigenvalue weighted by Crippen LogP contribution is 2.32. The molecule has 0 atom stereocenters. The molecule has 8 nitrogen and oxygen atoms in total. The number of aryl methyl sites for hydroxylation is 3. The summed E-state index contributed by atoms with van der Waals surface area (Å²) in [4.78, 5) is 16.7. The van der Waals surface area contributed by atoms with Gasteiger partial charge in [-0.25, -0.2) is 4.98 Å². The van der Waals surface area contributed by atoms with Crippen LogP contribution in [0.3, 0.4) is 0 Å². The minimum absolute atomic E-state index is 0.0740. The quantitative estimate of drug-likeness (QED) is 0.415. The highest BCUT2D eigenvalue weighted by atomic mass is 15.3. The van der Waals surface area contributed by atoms with Crippen molar-refractivity contribution in [3.05, 3.63) is 54.1 Å². The van der Waals surface area contributed by atoms with Crippen molar-refractivity contribution >= 4 is 28.6 Å². The predicted octanol–water partition coefficient (Wildman–Crippen LogP) is 5.22. The van der Waals surface area contributed by atoms with Gasteiger partial charge in [-0.2, -0.15) is 15.1 Å². The van der Waals surface area contributed by atoms with Crippen molar-refractivity contribution in [3.63, 3.8) is 0 Å². The van der Waals surface area contributed by atoms with Crippen molar-refractivity contribution in [2.24, 2.45) is 13.0 Å². The highest BCUT2D eigenvalue weighted by Gasteiger charge is 2.23. The Kier molecular flexibility index (Phi) is 6.21. The number of hydrogen-bond acceptors (Lipinski definition) is 6. The van der Waals surface area contributed by atoms with Gasteiger partial charge in [0.1, 0.15) is 5.52 Å². The Hall–Kier alpha value is -3.42. The van der Waals surface area contributed by atoms with Crippen LogP contribution in [-0.4, -0.2) is 42.4 Å². The average molecular weight is 473 g/mol. The molecule has 0 saturated carbocycles. The van der Waals surface area contributed by atoms with Crippen LogP contribution >= 0.6 is 0 Å². The van der Waals surface area contributed by atoms with Crippen LogP contribution in [0.15, 0.2) is 43.0 Å². The predicted molar refractivity (Wildman–Crippen MR) is 141 cm³/mol. The van der Waals surface area contributed by atoms with Crippen LogP contribution in [0.2, 0.25) is 0 Å². The number of imidazole rings is 1. The lowest BCUT2D eigenvalue weighted by Crippen LogP contribution is -2.35. The lowest BCUT2D eigenvalue weighted by Gasteiger charge is -2.32. The van der Waals surface area contributed by atoms with Gasteiger partial charge in [0.15, 0.2) is 11.5 Å². The van der Waals surface area contributed by atoms with Crippen LogP contribution in [0, 0.1) is 12.8 Å². The Bertz CT molecular complexity index is 1290. The molecule has 1 aliphatic heterocycles. The Morgan fingerprint density at radius 3 is 2.63 bits per heavy atom. The smallest absolute Gasteiger partial charge is 0.229 e. The van der Waals surface area contributed by atoms with Crippen molar-refractivity contribution < 1.29 is 0 Å². The van der Waals surface area contributed by atoms with Gasteiger partial charge in [-0.1, -0.05) is 32.9 Å². The van der Waals surface area contributed by atoms with Crippen LogP contribution in [0.4, 0.5) is 17.5 Å². The molecule has 0 amide bonds. The third-order valence-corrected chi connectivity index (χ3v) is 7.14. The first-order chi connectivity index (χ1) is 16.8. The second-order valence-corrected chi connectivity index (χ2v) is 10.8. The zero-order chi connectivity index (χ0) is 24.6. The molecule has 0 aliphatic carbocycles.